The maximum atomic E-state index is 12.4. The van der Waals surface area contributed by atoms with Crippen LogP contribution in [0.2, 0.25) is 0 Å². The minimum Gasteiger partial charge on any atom is -0.479 e. The normalized spacial score (nSPS) is 15.6. The first-order valence-electron chi connectivity index (χ1n) is 8.81. The average molecular weight is 387 g/mol. The Labute approximate surface area is 162 Å². The van der Waals surface area contributed by atoms with E-state index in [1.54, 1.807) is 38.1 Å². The third-order valence-corrected chi connectivity index (χ3v) is 4.33. The van der Waals surface area contributed by atoms with E-state index in [9.17, 15) is 14.4 Å². The third-order valence-electron chi connectivity index (χ3n) is 4.33. The Bertz CT molecular complexity index is 902. The molecule has 148 valence electrons. The Morgan fingerprint density at radius 1 is 1.25 bits per heavy atom. The smallest absolute Gasteiger partial charge is 0.374 e. The highest BCUT2D eigenvalue weighted by Crippen LogP contribution is 2.33. The Hall–Kier alpha value is -3.29. The number of hydrogen-bond acceptors (Lipinski definition) is 7. The summed E-state index contributed by atoms with van der Waals surface area (Å²) in [6, 6.07) is 8.78. The molecule has 0 saturated carbocycles. The summed E-state index contributed by atoms with van der Waals surface area (Å²) in [5.74, 6) is -0.266. The fourth-order valence-corrected chi connectivity index (χ4v) is 2.93. The maximum Gasteiger partial charge on any atom is 0.374 e. The molecule has 0 spiro atoms. The van der Waals surface area contributed by atoms with Crippen LogP contribution >= 0.6 is 0 Å². The molecule has 0 fully saturated rings. The summed E-state index contributed by atoms with van der Waals surface area (Å²) in [7, 11) is 1.26. The van der Waals surface area contributed by atoms with Gasteiger partial charge >= 0.3 is 11.9 Å². The van der Waals surface area contributed by atoms with E-state index in [-0.39, 0.29) is 31.2 Å². The number of esters is 2. The number of nitrogens with zero attached hydrogens (tertiary/aromatic N) is 1. The van der Waals surface area contributed by atoms with E-state index in [4.69, 9.17) is 13.9 Å². The number of carbonyl (C=O) groups is 3. The number of methoxy groups -OCH3 is 1. The molecular weight excluding hydrogens is 366 g/mol. The van der Waals surface area contributed by atoms with Gasteiger partial charge in [0, 0.05) is 12.1 Å². The molecule has 0 N–H and O–H groups in total. The van der Waals surface area contributed by atoms with Gasteiger partial charge in [0.25, 0.3) is 5.91 Å². The molecular formula is C20H21NO7. The zero-order chi connectivity index (χ0) is 20.3. The molecule has 0 bridgehead atoms. The first-order chi connectivity index (χ1) is 13.4. The lowest BCUT2D eigenvalue weighted by atomic mass is 10.2. The van der Waals surface area contributed by atoms with Gasteiger partial charge in [-0.3, -0.25) is 9.59 Å². The van der Waals surface area contributed by atoms with Crippen LogP contribution < -0.4 is 9.64 Å². The third kappa shape index (κ3) is 4.00. The van der Waals surface area contributed by atoms with Gasteiger partial charge in [0.2, 0.25) is 5.76 Å². The minimum atomic E-state index is -0.617. The Morgan fingerprint density at radius 2 is 2.00 bits per heavy atom. The van der Waals surface area contributed by atoms with Gasteiger partial charge in [-0.25, -0.2) is 4.79 Å². The number of benzene rings is 1. The van der Waals surface area contributed by atoms with Crippen LogP contribution in [0.15, 0.2) is 34.7 Å². The van der Waals surface area contributed by atoms with Crippen LogP contribution in [0, 0.1) is 6.92 Å². The van der Waals surface area contributed by atoms with E-state index < -0.39 is 18.0 Å². The summed E-state index contributed by atoms with van der Waals surface area (Å²) in [4.78, 5) is 37.6. The van der Waals surface area contributed by atoms with Crippen LogP contribution in [0.3, 0.4) is 0 Å². The predicted molar refractivity (Wildman–Crippen MR) is 98.1 cm³/mol. The number of fused-ring (bicyclic) bond motifs is 1. The molecule has 1 unspecified atom stereocenters. The monoisotopic (exact) mass is 387 g/mol. The summed E-state index contributed by atoms with van der Waals surface area (Å²) in [6.07, 6.45) is -0.607. The largest absolute Gasteiger partial charge is 0.479 e. The highest BCUT2D eigenvalue weighted by molar-refractivity contribution is 6.00. The van der Waals surface area contributed by atoms with E-state index in [0.717, 1.165) is 0 Å². The van der Waals surface area contributed by atoms with Gasteiger partial charge in [0.15, 0.2) is 6.10 Å². The predicted octanol–water partition coefficient (Wildman–Crippen LogP) is 2.62. The number of amides is 1. The molecule has 1 aromatic carbocycles. The summed E-state index contributed by atoms with van der Waals surface area (Å²) in [5, 5.41) is 0. The molecule has 2 heterocycles. The van der Waals surface area contributed by atoms with Crippen molar-refractivity contribution in [2.75, 3.05) is 18.6 Å². The molecule has 1 amide bonds. The van der Waals surface area contributed by atoms with E-state index in [1.807, 2.05) is 6.07 Å². The maximum absolute atomic E-state index is 12.4. The molecule has 0 saturated heterocycles. The molecule has 2 aromatic rings. The Morgan fingerprint density at radius 3 is 2.75 bits per heavy atom. The van der Waals surface area contributed by atoms with Crippen molar-refractivity contribution in [3.05, 3.63) is 47.4 Å². The highest BCUT2D eigenvalue weighted by atomic mass is 16.6. The quantitative estimate of drug-likeness (QED) is 0.703. The zero-order valence-corrected chi connectivity index (χ0v) is 15.9. The molecule has 28 heavy (non-hydrogen) atoms. The number of ether oxygens (including phenoxy) is 3. The van der Waals surface area contributed by atoms with Crippen LogP contribution in [-0.4, -0.2) is 37.6 Å². The van der Waals surface area contributed by atoms with Crippen molar-refractivity contribution in [2.24, 2.45) is 0 Å². The fourth-order valence-electron chi connectivity index (χ4n) is 2.93. The minimum absolute atomic E-state index is 0.0103. The van der Waals surface area contributed by atoms with Crippen molar-refractivity contribution in [3.63, 3.8) is 0 Å². The lowest BCUT2D eigenvalue weighted by Crippen LogP contribution is -2.45. The second-order valence-electron chi connectivity index (χ2n) is 6.34. The molecule has 8 nitrogen and oxygen atoms in total. The Kier molecular flexibility index (Phi) is 5.67. The molecule has 8 heteroatoms. The standard InChI is InChI=1S/C20H21NO7/c1-12-10-14(28-18(12)20(24)25-3)11-26-17(22)8-9-21-15-6-4-5-7-16(15)27-13(2)19(21)23/h4-7,10,13H,8-9,11H2,1-3H3. The van der Waals surface area contributed by atoms with E-state index >= 15 is 0 Å². The number of anilines is 1. The molecule has 3 rings (SSSR count). The van der Waals surface area contributed by atoms with Gasteiger partial charge in [-0.15, -0.1) is 0 Å². The second kappa shape index (κ2) is 8.16. The number of para-hydroxylation sites is 2. The van der Waals surface area contributed by atoms with Crippen LogP contribution in [0.4, 0.5) is 5.69 Å². The Balaban J connectivity index is 1.58. The number of hydrogen-bond donors (Lipinski definition) is 0. The van der Waals surface area contributed by atoms with Crippen LogP contribution in [0.5, 0.6) is 5.75 Å². The van der Waals surface area contributed by atoms with Gasteiger partial charge in [0.1, 0.15) is 18.1 Å². The summed E-state index contributed by atoms with van der Waals surface area (Å²) < 4.78 is 20.7. The van der Waals surface area contributed by atoms with Crippen molar-refractivity contribution < 1.29 is 33.0 Å². The van der Waals surface area contributed by atoms with Crippen molar-refractivity contribution in [1.82, 2.24) is 0 Å². The average Bonchev–Trinajstić information content (AvgIpc) is 3.06. The zero-order valence-electron chi connectivity index (χ0n) is 15.9. The first kappa shape index (κ1) is 19.5. The van der Waals surface area contributed by atoms with Crippen LogP contribution in [-0.2, 0) is 25.7 Å². The van der Waals surface area contributed by atoms with Gasteiger partial charge in [0.05, 0.1) is 19.2 Å². The molecule has 0 radical (unpaired) electrons. The SMILES string of the molecule is COC(=O)c1oc(COC(=O)CCN2C(=O)C(C)Oc3ccccc32)cc1C. The molecule has 1 aliphatic rings. The number of rotatable bonds is 6. The van der Waals surface area contributed by atoms with Crippen molar-refractivity contribution >= 4 is 23.5 Å². The van der Waals surface area contributed by atoms with Crippen molar-refractivity contribution in [1.29, 1.82) is 0 Å². The summed E-state index contributed by atoms with van der Waals surface area (Å²) >= 11 is 0. The highest BCUT2D eigenvalue weighted by Gasteiger charge is 2.31. The lowest BCUT2D eigenvalue weighted by molar-refractivity contribution is -0.145. The van der Waals surface area contributed by atoms with Gasteiger partial charge in [-0.05, 0) is 32.0 Å². The van der Waals surface area contributed by atoms with Crippen molar-refractivity contribution in [2.45, 2.75) is 33.0 Å². The van der Waals surface area contributed by atoms with Crippen molar-refractivity contribution in [3.8, 4) is 5.75 Å². The molecule has 1 aromatic heterocycles. The number of aryl methyl sites for hydroxylation is 1. The van der Waals surface area contributed by atoms with E-state index in [0.29, 0.717) is 22.8 Å². The molecule has 1 atom stereocenters. The summed E-state index contributed by atoms with van der Waals surface area (Å²) in [5.41, 5.74) is 1.23. The van der Waals surface area contributed by atoms with Gasteiger partial charge in [-0.2, -0.15) is 0 Å². The van der Waals surface area contributed by atoms with E-state index in [2.05, 4.69) is 4.74 Å². The topological polar surface area (TPSA) is 95.3 Å². The molecule has 0 aliphatic carbocycles. The fraction of sp³-hybridized carbons (Fsp3) is 0.350. The second-order valence-corrected chi connectivity index (χ2v) is 6.34. The van der Waals surface area contributed by atoms with Gasteiger partial charge in [-0.1, -0.05) is 12.1 Å². The van der Waals surface area contributed by atoms with Crippen LogP contribution in [0.1, 0.15) is 35.2 Å². The lowest BCUT2D eigenvalue weighted by Gasteiger charge is -2.32. The first-order valence-corrected chi connectivity index (χ1v) is 8.81. The van der Waals surface area contributed by atoms with Gasteiger partial charge < -0.3 is 23.5 Å². The summed E-state index contributed by atoms with van der Waals surface area (Å²) in [6.45, 7) is 3.43. The number of carbonyl (C=O) groups excluding carboxylic acids is 3. The van der Waals surface area contributed by atoms with Crippen LogP contribution in [0.25, 0.3) is 0 Å². The van der Waals surface area contributed by atoms with E-state index in [1.165, 1.54) is 12.0 Å². The number of furan rings is 1. The molecule has 1 aliphatic heterocycles.